The predicted molar refractivity (Wildman–Crippen MR) is 101 cm³/mol. The van der Waals surface area contributed by atoms with Gasteiger partial charge in [-0.15, -0.1) is 0 Å². The summed E-state index contributed by atoms with van der Waals surface area (Å²) in [5.74, 6) is 0.768. The van der Waals surface area contributed by atoms with Crippen LogP contribution in [0.15, 0.2) is 54.7 Å². The molecule has 0 atom stereocenters. The molecular formula is C21H22N2O2. The van der Waals surface area contributed by atoms with Crippen LogP contribution < -0.4 is 10.1 Å². The summed E-state index contributed by atoms with van der Waals surface area (Å²) in [6, 6.07) is 15.6. The van der Waals surface area contributed by atoms with Crippen LogP contribution in [-0.4, -0.2) is 17.5 Å². The first-order valence-corrected chi connectivity index (χ1v) is 8.42. The van der Waals surface area contributed by atoms with Crippen molar-refractivity contribution in [2.45, 2.75) is 26.7 Å². The number of rotatable bonds is 5. The van der Waals surface area contributed by atoms with E-state index in [1.54, 1.807) is 6.20 Å². The molecule has 128 valence electrons. The normalized spacial score (nSPS) is 10.9. The van der Waals surface area contributed by atoms with Gasteiger partial charge in [-0.1, -0.05) is 50.2 Å². The Morgan fingerprint density at radius 3 is 2.68 bits per heavy atom. The number of carbonyl (C=O) groups is 1. The van der Waals surface area contributed by atoms with E-state index in [1.165, 1.54) is 0 Å². The minimum atomic E-state index is -0.177. The van der Waals surface area contributed by atoms with Crippen molar-refractivity contribution in [1.82, 2.24) is 4.98 Å². The van der Waals surface area contributed by atoms with E-state index in [0.717, 1.165) is 27.7 Å². The van der Waals surface area contributed by atoms with E-state index >= 15 is 0 Å². The van der Waals surface area contributed by atoms with Crippen molar-refractivity contribution in [3.8, 4) is 5.75 Å². The Kier molecular flexibility index (Phi) is 4.98. The number of ether oxygens (including phenoxy) is 1. The fourth-order valence-corrected chi connectivity index (χ4v) is 2.85. The van der Waals surface area contributed by atoms with E-state index in [1.807, 2.05) is 55.5 Å². The first-order chi connectivity index (χ1) is 12.1. The number of para-hydroxylation sites is 2. The van der Waals surface area contributed by atoms with E-state index in [-0.39, 0.29) is 12.5 Å². The lowest BCUT2D eigenvalue weighted by Gasteiger charge is -2.16. The number of nitrogens with zero attached hydrogens (tertiary/aromatic N) is 1. The number of hydrogen-bond donors (Lipinski definition) is 1. The molecule has 0 bridgehead atoms. The van der Waals surface area contributed by atoms with E-state index in [9.17, 15) is 4.79 Å². The number of aromatic nitrogens is 1. The van der Waals surface area contributed by atoms with E-state index in [0.29, 0.717) is 11.7 Å². The Morgan fingerprint density at radius 2 is 1.88 bits per heavy atom. The van der Waals surface area contributed by atoms with Crippen LogP contribution in [0.4, 0.5) is 5.69 Å². The second-order valence-corrected chi connectivity index (χ2v) is 6.36. The largest absolute Gasteiger partial charge is 0.481 e. The molecule has 0 fully saturated rings. The molecule has 2 aromatic carbocycles. The second-order valence-electron chi connectivity index (χ2n) is 6.36. The molecule has 4 heteroatoms. The van der Waals surface area contributed by atoms with Crippen molar-refractivity contribution in [3.05, 3.63) is 65.9 Å². The molecule has 1 amide bonds. The van der Waals surface area contributed by atoms with Crippen LogP contribution >= 0.6 is 0 Å². The number of benzene rings is 2. The fraction of sp³-hybridized carbons (Fsp3) is 0.238. The third kappa shape index (κ3) is 3.79. The summed E-state index contributed by atoms with van der Waals surface area (Å²) in [7, 11) is 0. The summed E-state index contributed by atoms with van der Waals surface area (Å²) < 4.78 is 5.72. The minimum absolute atomic E-state index is 0.0540. The van der Waals surface area contributed by atoms with Crippen molar-refractivity contribution >= 4 is 22.5 Å². The molecular weight excluding hydrogens is 312 g/mol. The Hall–Kier alpha value is -2.88. The third-order valence-corrected chi connectivity index (χ3v) is 4.15. The maximum Gasteiger partial charge on any atom is 0.262 e. The molecule has 0 aliphatic carbocycles. The Labute approximate surface area is 147 Å². The zero-order chi connectivity index (χ0) is 17.8. The molecule has 0 unspecified atom stereocenters. The second kappa shape index (κ2) is 7.34. The molecule has 0 saturated carbocycles. The lowest BCUT2D eigenvalue weighted by atomic mass is 9.98. The minimum Gasteiger partial charge on any atom is -0.481 e. The number of carbonyl (C=O) groups excluding carboxylic acids is 1. The van der Waals surface area contributed by atoms with Crippen molar-refractivity contribution < 1.29 is 9.53 Å². The van der Waals surface area contributed by atoms with E-state index in [4.69, 9.17) is 4.74 Å². The first kappa shape index (κ1) is 17.0. The molecule has 0 radical (unpaired) electrons. The number of hydrogen-bond acceptors (Lipinski definition) is 3. The van der Waals surface area contributed by atoms with Crippen LogP contribution in [0.3, 0.4) is 0 Å². The van der Waals surface area contributed by atoms with Gasteiger partial charge < -0.3 is 10.1 Å². The van der Waals surface area contributed by atoms with Crippen LogP contribution in [0, 0.1) is 6.92 Å². The van der Waals surface area contributed by atoms with Crippen molar-refractivity contribution in [2.24, 2.45) is 0 Å². The molecule has 0 saturated heterocycles. The van der Waals surface area contributed by atoms with Crippen molar-refractivity contribution in [1.29, 1.82) is 0 Å². The molecule has 1 aromatic heterocycles. The number of anilines is 1. The van der Waals surface area contributed by atoms with E-state index < -0.39 is 0 Å². The monoisotopic (exact) mass is 334 g/mol. The number of amides is 1. The van der Waals surface area contributed by atoms with Crippen LogP contribution in [0.1, 0.15) is 30.9 Å². The molecule has 0 aliphatic heterocycles. The van der Waals surface area contributed by atoms with Crippen LogP contribution in [0.2, 0.25) is 0 Å². The summed E-state index contributed by atoms with van der Waals surface area (Å²) >= 11 is 0. The summed E-state index contributed by atoms with van der Waals surface area (Å²) in [6.07, 6.45) is 1.72. The zero-order valence-corrected chi connectivity index (χ0v) is 14.7. The molecule has 0 aliphatic rings. The number of pyridine rings is 1. The van der Waals surface area contributed by atoms with Crippen LogP contribution in [0.25, 0.3) is 10.9 Å². The van der Waals surface area contributed by atoms with Crippen LogP contribution in [-0.2, 0) is 4.79 Å². The SMILES string of the molecule is Cc1cccc(C(C)C)c1NC(=O)COc1cccc2cccnc12. The van der Waals surface area contributed by atoms with Gasteiger partial charge in [-0.3, -0.25) is 9.78 Å². The summed E-state index contributed by atoms with van der Waals surface area (Å²) in [5.41, 5.74) is 3.81. The molecule has 1 N–H and O–H groups in total. The Bertz CT molecular complexity index is 898. The number of nitrogens with one attached hydrogen (secondary N) is 1. The predicted octanol–water partition coefficient (Wildman–Crippen LogP) is 4.68. The highest BCUT2D eigenvalue weighted by Gasteiger charge is 2.13. The average molecular weight is 334 g/mol. The summed E-state index contributed by atoms with van der Waals surface area (Å²) in [4.78, 5) is 16.7. The van der Waals surface area contributed by atoms with Gasteiger partial charge in [0.05, 0.1) is 0 Å². The standard InChI is InChI=1S/C21H22N2O2/c1-14(2)17-10-4-7-15(3)20(17)23-19(24)13-25-18-11-5-8-16-9-6-12-22-21(16)18/h4-12,14H,13H2,1-3H3,(H,23,24). The number of aryl methyl sites for hydroxylation is 1. The quantitative estimate of drug-likeness (QED) is 0.737. The van der Waals surface area contributed by atoms with Gasteiger partial charge in [0, 0.05) is 17.3 Å². The van der Waals surface area contributed by atoms with Gasteiger partial charge in [0.1, 0.15) is 11.3 Å². The average Bonchev–Trinajstić information content (AvgIpc) is 2.61. The molecule has 0 spiro atoms. The third-order valence-electron chi connectivity index (χ3n) is 4.15. The highest BCUT2D eigenvalue weighted by atomic mass is 16.5. The highest BCUT2D eigenvalue weighted by Crippen LogP contribution is 2.27. The summed E-state index contributed by atoms with van der Waals surface area (Å²) in [5, 5.41) is 3.98. The Balaban J connectivity index is 1.74. The van der Waals surface area contributed by atoms with Gasteiger partial charge in [0.2, 0.25) is 0 Å². The van der Waals surface area contributed by atoms with Gasteiger partial charge in [0.25, 0.3) is 5.91 Å². The van der Waals surface area contributed by atoms with Gasteiger partial charge in [0.15, 0.2) is 6.61 Å². The van der Waals surface area contributed by atoms with Gasteiger partial charge in [-0.05, 0) is 36.1 Å². The topological polar surface area (TPSA) is 51.2 Å². The maximum absolute atomic E-state index is 12.4. The van der Waals surface area contributed by atoms with Gasteiger partial charge >= 0.3 is 0 Å². The molecule has 3 aromatic rings. The molecule has 3 rings (SSSR count). The maximum atomic E-state index is 12.4. The fourth-order valence-electron chi connectivity index (χ4n) is 2.85. The highest BCUT2D eigenvalue weighted by molar-refractivity contribution is 5.94. The number of fused-ring (bicyclic) bond motifs is 1. The molecule has 25 heavy (non-hydrogen) atoms. The van der Waals surface area contributed by atoms with E-state index in [2.05, 4.69) is 24.1 Å². The van der Waals surface area contributed by atoms with Crippen LogP contribution in [0.5, 0.6) is 5.75 Å². The van der Waals surface area contributed by atoms with Gasteiger partial charge in [-0.2, -0.15) is 0 Å². The smallest absolute Gasteiger partial charge is 0.262 e. The molecule has 4 nitrogen and oxygen atoms in total. The summed E-state index contributed by atoms with van der Waals surface area (Å²) in [6.45, 7) is 6.17. The molecule has 1 heterocycles. The van der Waals surface area contributed by atoms with Crippen molar-refractivity contribution in [2.75, 3.05) is 11.9 Å². The van der Waals surface area contributed by atoms with Crippen molar-refractivity contribution in [3.63, 3.8) is 0 Å². The zero-order valence-electron chi connectivity index (χ0n) is 14.7. The first-order valence-electron chi connectivity index (χ1n) is 8.42. The lowest BCUT2D eigenvalue weighted by Crippen LogP contribution is -2.21. The van der Waals surface area contributed by atoms with Gasteiger partial charge in [-0.25, -0.2) is 0 Å². The lowest BCUT2D eigenvalue weighted by molar-refractivity contribution is -0.118. The Morgan fingerprint density at radius 1 is 1.12 bits per heavy atom.